The average Bonchev–Trinajstić information content (AvgIpc) is 2.60. The molecule has 0 radical (unpaired) electrons. The number of hydrogen-bond donors (Lipinski definition) is 1. The lowest BCUT2D eigenvalue weighted by Crippen LogP contribution is -2.35. The van der Waals surface area contributed by atoms with Crippen molar-refractivity contribution in [1.29, 1.82) is 0 Å². The number of halogens is 3. The molecule has 1 aliphatic heterocycles. The lowest BCUT2D eigenvalue weighted by molar-refractivity contribution is 0.385. The van der Waals surface area contributed by atoms with Crippen LogP contribution in [-0.2, 0) is 5.54 Å². The summed E-state index contributed by atoms with van der Waals surface area (Å²) in [7, 11) is 0. The second-order valence-corrected chi connectivity index (χ2v) is 4.93. The van der Waals surface area contributed by atoms with Crippen molar-refractivity contribution in [2.75, 3.05) is 6.54 Å². The molecule has 2 rings (SSSR count). The van der Waals surface area contributed by atoms with E-state index in [1.165, 1.54) is 12.1 Å². The number of nitrogens with one attached hydrogen (secondary N) is 1. The Hall–Kier alpha value is -0.480. The Kier molecular flexibility index (Phi) is 2.81. The van der Waals surface area contributed by atoms with Crippen LogP contribution in [-0.4, -0.2) is 6.54 Å². The first-order chi connectivity index (χ1) is 7.04. The quantitative estimate of drug-likeness (QED) is 0.776. The minimum atomic E-state index is -0.571. The maximum atomic E-state index is 13.8. The molecule has 0 saturated carbocycles. The average molecular weight is 276 g/mol. The summed E-state index contributed by atoms with van der Waals surface area (Å²) in [6.07, 6.45) is 1.71. The fourth-order valence-corrected chi connectivity index (χ4v) is 2.47. The first kappa shape index (κ1) is 11.0. The number of rotatable bonds is 1. The Morgan fingerprint density at radius 2 is 2.13 bits per heavy atom. The molecule has 82 valence electrons. The van der Waals surface area contributed by atoms with Gasteiger partial charge in [0.25, 0.3) is 0 Å². The van der Waals surface area contributed by atoms with Gasteiger partial charge in [-0.05, 0) is 54.4 Å². The summed E-state index contributed by atoms with van der Waals surface area (Å²) >= 11 is 3.08. The van der Waals surface area contributed by atoms with E-state index in [2.05, 4.69) is 21.2 Å². The lowest BCUT2D eigenvalue weighted by Gasteiger charge is -2.26. The summed E-state index contributed by atoms with van der Waals surface area (Å²) in [5, 5.41) is 3.16. The van der Waals surface area contributed by atoms with Crippen LogP contribution in [0, 0.1) is 11.6 Å². The Morgan fingerprint density at radius 1 is 1.40 bits per heavy atom. The molecule has 1 saturated heterocycles. The van der Waals surface area contributed by atoms with Gasteiger partial charge in [0, 0.05) is 11.1 Å². The fraction of sp³-hybridized carbons (Fsp3) is 0.455. The van der Waals surface area contributed by atoms with Crippen molar-refractivity contribution >= 4 is 15.9 Å². The third kappa shape index (κ3) is 1.81. The third-order valence-corrected chi connectivity index (χ3v) is 3.58. The van der Waals surface area contributed by atoms with Crippen molar-refractivity contribution in [3.63, 3.8) is 0 Å². The van der Waals surface area contributed by atoms with Gasteiger partial charge in [0.2, 0.25) is 0 Å². The van der Waals surface area contributed by atoms with E-state index in [1.807, 2.05) is 6.92 Å². The highest BCUT2D eigenvalue weighted by Gasteiger charge is 2.35. The van der Waals surface area contributed by atoms with E-state index in [1.54, 1.807) is 0 Å². The summed E-state index contributed by atoms with van der Waals surface area (Å²) in [6, 6.07) is 2.69. The van der Waals surface area contributed by atoms with Crippen LogP contribution in [0.5, 0.6) is 0 Å². The molecule has 0 bridgehead atoms. The standard InChI is InChI=1S/C11H12BrF2N/c1-11(5-2-6-15-11)9-8(13)4-3-7(12)10(9)14/h3-4,15H,2,5-6H2,1H3. The molecule has 15 heavy (non-hydrogen) atoms. The van der Waals surface area contributed by atoms with Crippen molar-refractivity contribution < 1.29 is 8.78 Å². The van der Waals surface area contributed by atoms with Gasteiger partial charge in [0.15, 0.2) is 0 Å². The summed E-state index contributed by atoms with van der Waals surface area (Å²) in [5.41, 5.74) is -0.424. The molecule has 1 fully saturated rings. The van der Waals surface area contributed by atoms with Crippen LogP contribution >= 0.6 is 15.9 Å². The molecule has 1 nitrogen and oxygen atoms in total. The van der Waals surface area contributed by atoms with Gasteiger partial charge >= 0.3 is 0 Å². The molecular weight excluding hydrogens is 264 g/mol. The summed E-state index contributed by atoms with van der Waals surface area (Å²) in [4.78, 5) is 0. The van der Waals surface area contributed by atoms with E-state index < -0.39 is 17.2 Å². The normalized spacial score (nSPS) is 25.9. The highest BCUT2D eigenvalue weighted by Crippen LogP contribution is 2.36. The number of benzene rings is 1. The van der Waals surface area contributed by atoms with Crippen LogP contribution in [0.3, 0.4) is 0 Å². The molecule has 1 N–H and O–H groups in total. The van der Waals surface area contributed by atoms with Crippen LogP contribution in [0.25, 0.3) is 0 Å². The topological polar surface area (TPSA) is 12.0 Å². The van der Waals surface area contributed by atoms with E-state index in [4.69, 9.17) is 0 Å². The Balaban J connectivity index is 2.55. The molecule has 4 heteroatoms. The minimum Gasteiger partial charge on any atom is -0.307 e. The molecular formula is C11H12BrF2N. The molecule has 0 aromatic heterocycles. The van der Waals surface area contributed by atoms with E-state index in [0.717, 1.165) is 19.4 Å². The fourth-order valence-electron chi connectivity index (χ4n) is 2.14. The minimum absolute atomic E-state index is 0.148. The molecule has 1 unspecified atom stereocenters. The predicted molar refractivity (Wildman–Crippen MR) is 58.6 cm³/mol. The van der Waals surface area contributed by atoms with E-state index in [0.29, 0.717) is 4.47 Å². The van der Waals surface area contributed by atoms with Crippen LogP contribution < -0.4 is 5.32 Å². The Morgan fingerprint density at radius 3 is 2.73 bits per heavy atom. The van der Waals surface area contributed by atoms with Gasteiger partial charge in [-0.2, -0.15) is 0 Å². The van der Waals surface area contributed by atoms with Crippen LogP contribution in [0.15, 0.2) is 16.6 Å². The van der Waals surface area contributed by atoms with E-state index in [9.17, 15) is 8.78 Å². The SMILES string of the molecule is CC1(c2c(F)ccc(Br)c2F)CCCN1. The van der Waals surface area contributed by atoms with Crippen molar-refractivity contribution in [2.24, 2.45) is 0 Å². The molecule has 1 aliphatic rings. The zero-order chi connectivity index (χ0) is 11.1. The van der Waals surface area contributed by atoms with Gasteiger partial charge in [0.05, 0.1) is 4.47 Å². The maximum absolute atomic E-state index is 13.8. The summed E-state index contributed by atoms with van der Waals surface area (Å²) < 4.78 is 27.8. The number of hydrogen-bond acceptors (Lipinski definition) is 1. The third-order valence-electron chi connectivity index (χ3n) is 2.96. The molecule has 1 atom stereocenters. The van der Waals surface area contributed by atoms with Gasteiger partial charge < -0.3 is 5.32 Å². The largest absolute Gasteiger partial charge is 0.307 e. The van der Waals surface area contributed by atoms with Gasteiger partial charge in [-0.1, -0.05) is 0 Å². The monoisotopic (exact) mass is 275 g/mol. The van der Waals surface area contributed by atoms with Crippen molar-refractivity contribution in [1.82, 2.24) is 5.32 Å². The molecule has 1 aromatic carbocycles. The molecule has 1 heterocycles. The summed E-state index contributed by atoms with van der Waals surface area (Å²) in [6.45, 7) is 2.65. The second kappa shape index (κ2) is 3.83. The highest BCUT2D eigenvalue weighted by atomic mass is 79.9. The highest BCUT2D eigenvalue weighted by molar-refractivity contribution is 9.10. The first-order valence-electron chi connectivity index (χ1n) is 4.93. The van der Waals surface area contributed by atoms with Crippen LogP contribution in [0.4, 0.5) is 8.78 Å². The summed E-state index contributed by atoms with van der Waals surface area (Å²) in [5.74, 6) is -0.973. The van der Waals surface area contributed by atoms with Crippen molar-refractivity contribution in [3.05, 3.63) is 33.8 Å². The van der Waals surface area contributed by atoms with E-state index >= 15 is 0 Å². The maximum Gasteiger partial charge on any atom is 0.145 e. The Labute approximate surface area is 96.0 Å². The second-order valence-electron chi connectivity index (χ2n) is 4.08. The van der Waals surface area contributed by atoms with E-state index in [-0.39, 0.29) is 5.56 Å². The molecule has 0 spiro atoms. The van der Waals surface area contributed by atoms with Gasteiger partial charge in [-0.25, -0.2) is 8.78 Å². The zero-order valence-corrected chi connectivity index (χ0v) is 10.00. The molecule has 0 amide bonds. The van der Waals surface area contributed by atoms with Gasteiger partial charge in [0.1, 0.15) is 11.6 Å². The first-order valence-corrected chi connectivity index (χ1v) is 5.73. The predicted octanol–water partition coefficient (Wildman–Crippen LogP) is 3.33. The molecule has 1 aromatic rings. The van der Waals surface area contributed by atoms with Crippen LogP contribution in [0.2, 0.25) is 0 Å². The molecule has 0 aliphatic carbocycles. The lowest BCUT2D eigenvalue weighted by atomic mass is 9.89. The van der Waals surface area contributed by atoms with Crippen LogP contribution in [0.1, 0.15) is 25.3 Å². The van der Waals surface area contributed by atoms with Gasteiger partial charge in [-0.15, -0.1) is 0 Å². The van der Waals surface area contributed by atoms with Gasteiger partial charge in [-0.3, -0.25) is 0 Å². The van der Waals surface area contributed by atoms with Crippen molar-refractivity contribution in [3.8, 4) is 0 Å². The smallest absolute Gasteiger partial charge is 0.145 e. The zero-order valence-electron chi connectivity index (χ0n) is 8.41. The Bertz CT molecular complexity index is 386. The van der Waals surface area contributed by atoms with Crippen molar-refractivity contribution in [2.45, 2.75) is 25.3 Å².